The average molecular weight is 254 g/mol. The van der Waals surface area contributed by atoms with Crippen molar-refractivity contribution in [2.45, 2.75) is 26.3 Å². The molecule has 1 atom stereocenters. The van der Waals surface area contributed by atoms with Crippen LogP contribution in [0.15, 0.2) is 6.07 Å². The quantitative estimate of drug-likeness (QED) is 0.719. The Balaban J connectivity index is 2.46. The van der Waals surface area contributed by atoms with Crippen molar-refractivity contribution in [1.82, 2.24) is 9.97 Å². The van der Waals surface area contributed by atoms with Crippen LogP contribution < -0.4 is 15.8 Å². The summed E-state index contributed by atoms with van der Waals surface area (Å²) in [6, 6.07) is 1.83. The van der Waals surface area contributed by atoms with E-state index in [4.69, 9.17) is 15.2 Å². The first-order valence-corrected chi connectivity index (χ1v) is 6.12. The molecule has 0 aliphatic rings. The molecule has 6 heteroatoms. The summed E-state index contributed by atoms with van der Waals surface area (Å²) in [4.78, 5) is 8.46. The highest BCUT2D eigenvalue weighted by Crippen LogP contribution is 2.13. The van der Waals surface area contributed by atoms with Gasteiger partial charge in [-0.2, -0.15) is 4.98 Å². The van der Waals surface area contributed by atoms with Crippen molar-refractivity contribution in [3.05, 3.63) is 11.9 Å². The van der Waals surface area contributed by atoms with Crippen LogP contribution >= 0.6 is 0 Å². The van der Waals surface area contributed by atoms with E-state index in [0.717, 1.165) is 18.8 Å². The number of hydrogen-bond donors (Lipinski definition) is 2. The van der Waals surface area contributed by atoms with Crippen molar-refractivity contribution < 1.29 is 9.47 Å². The summed E-state index contributed by atoms with van der Waals surface area (Å²) in [6.45, 7) is 5.66. The van der Waals surface area contributed by atoms with E-state index in [0.29, 0.717) is 24.9 Å². The van der Waals surface area contributed by atoms with Crippen LogP contribution in [-0.4, -0.2) is 42.9 Å². The molecule has 0 aliphatic carbocycles. The summed E-state index contributed by atoms with van der Waals surface area (Å²) in [7, 11) is 1.65. The maximum absolute atomic E-state index is 5.83. The average Bonchev–Trinajstić information content (AvgIpc) is 2.29. The van der Waals surface area contributed by atoms with E-state index in [1.165, 1.54) is 0 Å². The number of hydrogen-bond acceptors (Lipinski definition) is 6. The normalized spacial score (nSPS) is 12.2. The third kappa shape index (κ3) is 5.29. The number of anilines is 1. The topological polar surface area (TPSA) is 82.3 Å². The second kappa shape index (κ2) is 7.84. The predicted octanol–water partition coefficient (Wildman–Crippen LogP) is 0.959. The van der Waals surface area contributed by atoms with Crippen molar-refractivity contribution in [3.63, 3.8) is 0 Å². The standard InChI is InChI=1S/C12H22N4O2/c1-4-18-12-7-11(15-9(2)16-12)14-6-5-10(13)8-17-3/h7,10H,4-6,8,13H2,1-3H3,(H,14,15,16). The lowest BCUT2D eigenvalue weighted by Crippen LogP contribution is -2.28. The molecule has 0 aliphatic heterocycles. The lowest BCUT2D eigenvalue weighted by atomic mass is 10.2. The van der Waals surface area contributed by atoms with Crippen LogP contribution in [0.25, 0.3) is 0 Å². The Bertz CT molecular complexity index is 360. The van der Waals surface area contributed by atoms with Crippen molar-refractivity contribution in [2.24, 2.45) is 5.73 Å². The van der Waals surface area contributed by atoms with Crippen LogP contribution in [0.1, 0.15) is 19.2 Å². The zero-order valence-corrected chi connectivity index (χ0v) is 11.3. The Morgan fingerprint density at radius 3 is 2.89 bits per heavy atom. The summed E-state index contributed by atoms with van der Waals surface area (Å²) >= 11 is 0. The van der Waals surface area contributed by atoms with Gasteiger partial charge in [-0.25, -0.2) is 4.98 Å². The van der Waals surface area contributed by atoms with E-state index in [2.05, 4.69) is 15.3 Å². The first-order valence-electron chi connectivity index (χ1n) is 6.12. The largest absolute Gasteiger partial charge is 0.478 e. The van der Waals surface area contributed by atoms with Gasteiger partial charge in [0.1, 0.15) is 11.6 Å². The fraction of sp³-hybridized carbons (Fsp3) is 0.667. The molecule has 1 rings (SSSR count). The van der Waals surface area contributed by atoms with E-state index >= 15 is 0 Å². The Hall–Kier alpha value is -1.40. The van der Waals surface area contributed by atoms with Gasteiger partial charge in [0, 0.05) is 25.8 Å². The maximum Gasteiger partial charge on any atom is 0.218 e. The zero-order chi connectivity index (χ0) is 13.4. The van der Waals surface area contributed by atoms with Crippen LogP contribution in [0.2, 0.25) is 0 Å². The zero-order valence-electron chi connectivity index (χ0n) is 11.3. The molecule has 6 nitrogen and oxygen atoms in total. The third-order valence-electron chi connectivity index (χ3n) is 2.31. The van der Waals surface area contributed by atoms with Gasteiger partial charge in [0.05, 0.1) is 13.2 Å². The summed E-state index contributed by atoms with van der Waals surface area (Å²) in [5, 5.41) is 3.21. The van der Waals surface area contributed by atoms with Gasteiger partial charge in [-0.15, -0.1) is 0 Å². The Labute approximate surface area is 108 Å². The Morgan fingerprint density at radius 2 is 2.22 bits per heavy atom. The molecule has 1 aromatic heterocycles. The van der Waals surface area contributed by atoms with Gasteiger partial charge in [0.15, 0.2) is 0 Å². The summed E-state index contributed by atoms with van der Waals surface area (Å²) < 4.78 is 10.3. The lowest BCUT2D eigenvalue weighted by Gasteiger charge is -2.12. The smallest absolute Gasteiger partial charge is 0.218 e. The highest BCUT2D eigenvalue weighted by Gasteiger charge is 2.04. The molecule has 0 aromatic carbocycles. The van der Waals surface area contributed by atoms with Crippen molar-refractivity contribution in [2.75, 3.05) is 32.2 Å². The molecule has 0 fully saturated rings. The molecule has 0 bridgehead atoms. The van der Waals surface area contributed by atoms with Crippen molar-refractivity contribution >= 4 is 5.82 Å². The number of aryl methyl sites for hydroxylation is 1. The van der Waals surface area contributed by atoms with Gasteiger partial charge in [-0.3, -0.25) is 0 Å². The van der Waals surface area contributed by atoms with Crippen LogP contribution in [0.3, 0.4) is 0 Å². The summed E-state index contributed by atoms with van der Waals surface area (Å²) in [5.74, 6) is 2.04. The van der Waals surface area contributed by atoms with E-state index in [1.54, 1.807) is 13.2 Å². The minimum absolute atomic E-state index is 0.0387. The van der Waals surface area contributed by atoms with Crippen LogP contribution in [-0.2, 0) is 4.74 Å². The number of rotatable bonds is 8. The molecule has 3 N–H and O–H groups in total. The Kier molecular flexibility index (Phi) is 6.38. The maximum atomic E-state index is 5.83. The van der Waals surface area contributed by atoms with Gasteiger partial charge in [-0.1, -0.05) is 0 Å². The van der Waals surface area contributed by atoms with Crippen molar-refractivity contribution in [1.29, 1.82) is 0 Å². The number of nitrogens with one attached hydrogen (secondary N) is 1. The molecule has 0 radical (unpaired) electrons. The lowest BCUT2D eigenvalue weighted by molar-refractivity contribution is 0.178. The SMILES string of the molecule is CCOc1cc(NCCC(N)COC)nc(C)n1. The highest BCUT2D eigenvalue weighted by molar-refractivity contribution is 5.38. The fourth-order valence-electron chi connectivity index (χ4n) is 1.54. The molecule has 0 saturated carbocycles. The number of nitrogens with two attached hydrogens (primary N) is 1. The molecular formula is C12H22N4O2. The highest BCUT2D eigenvalue weighted by atomic mass is 16.5. The van der Waals surface area contributed by atoms with E-state index in [-0.39, 0.29) is 6.04 Å². The van der Waals surface area contributed by atoms with Gasteiger partial charge >= 0.3 is 0 Å². The molecule has 0 spiro atoms. The van der Waals surface area contributed by atoms with Gasteiger partial charge in [-0.05, 0) is 20.3 Å². The van der Waals surface area contributed by atoms with Crippen LogP contribution in [0, 0.1) is 6.92 Å². The Morgan fingerprint density at radius 1 is 1.44 bits per heavy atom. The molecule has 0 amide bonds. The van der Waals surface area contributed by atoms with E-state index in [1.807, 2.05) is 13.8 Å². The first-order chi connectivity index (χ1) is 8.65. The van der Waals surface area contributed by atoms with E-state index < -0.39 is 0 Å². The molecule has 1 unspecified atom stereocenters. The first kappa shape index (κ1) is 14.7. The minimum Gasteiger partial charge on any atom is -0.478 e. The van der Waals surface area contributed by atoms with Gasteiger partial charge in [0.2, 0.25) is 5.88 Å². The summed E-state index contributed by atoms with van der Waals surface area (Å²) in [5.41, 5.74) is 5.83. The van der Waals surface area contributed by atoms with Crippen LogP contribution in [0.4, 0.5) is 5.82 Å². The summed E-state index contributed by atoms with van der Waals surface area (Å²) in [6.07, 6.45) is 0.820. The van der Waals surface area contributed by atoms with Crippen LogP contribution in [0.5, 0.6) is 5.88 Å². The van der Waals surface area contributed by atoms with Gasteiger partial charge < -0.3 is 20.5 Å². The predicted molar refractivity (Wildman–Crippen MR) is 70.9 cm³/mol. The van der Waals surface area contributed by atoms with E-state index in [9.17, 15) is 0 Å². The molecule has 1 aromatic rings. The molecular weight excluding hydrogens is 232 g/mol. The molecule has 102 valence electrons. The molecule has 0 saturated heterocycles. The molecule has 1 heterocycles. The number of aromatic nitrogens is 2. The fourth-order valence-corrected chi connectivity index (χ4v) is 1.54. The second-order valence-corrected chi connectivity index (χ2v) is 4.00. The number of methoxy groups -OCH3 is 1. The monoisotopic (exact) mass is 254 g/mol. The molecule has 18 heavy (non-hydrogen) atoms. The third-order valence-corrected chi connectivity index (χ3v) is 2.31. The second-order valence-electron chi connectivity index (χ2n) is 4.00. The number of nitrogens with zero attached hydrogens (tertiary/aromatic N) is 2. The minimum atomic E-state index is 0.0387. The van der Waals surface area contributed by atoms with Gasteiger partial charge in [0.25, 0.3) is 0 Å². The van der Waals surface area contributed by atoms with Crippen molar-refractivity contribution in [3.8, 4) is 5.88 Å². The number of ether oxygens (including phenoxy) is 2.